The van der Waals surface area contributed by atoms with Crippen LogP contribution in [0.25, 0.3) is 0 Å². The maximum Gasteiger partial charge on any atom is 0.257 e. The lowest BCUT2D eigenvalue weighted by Crippen LogP contribution is -2.50. The van der Waals surface area contributed by atoms with Crippen molar-refractivity contribution in [3.63, 3.8) is 0 Å². The molecular weight excluding hydrogens is 533 g/mol. The molecule has 3 aromatic rings. The molecule has 3 aromatic carbocycles. The van der Waals surface area contributed by atoms with Crippen LogP contribution in [0.3, 0.4) is 0 Å². The van der Waals surface area contributed by atoms with Gasteiger partial charge in [0.1, 0.15) is 5.82 Å². The molecule has 0 radical (unpaired) electrons. The van der Waals surface area contributed by atoms with Crippen LogP contribution in [0.4, 0.5) is 4.39 Å². The number of methoxy groups -OCH3 is 1. The van der Waals surface area contributed by atoms with E-state index >= 15 is 4.39 Å². The third-order valence-electron chi connectivity index (χ3n) is 10.8. The summed E-state index contributed by atoms with van der Waals surface area (Å²) in [6, 6.07) is 19.5. The van der Waals surface area contributed by atoms with Crippen LogP contribution in [0.5, 0.6) is 0 Å². The molecule has 228 valence electrons. The second-order valence-corrected chi connectivity index (χ2v) is 13.4. The zero-order chi connectivity index (χ0) is 31.1. The molecule has 3 nitrogen and oxygen atoms in total. The van der Waals surface area contributed by atoms with E-state index in [1.807, 2.05) is 49.1 Å². The summed E-state index contributed by atoms with van der Waals surface area (Å²) in [5.74, 6) is -0.248. The van der Waals surface area contributed by atoms with Crippen molar-refractivity contribution in [3.8, 4) is 0 Å². The Morgan fingerprint density at radius 1 is 1.05 bits per heavy atom. The van der Waals surface area contributed by atoms with E-state index in [1.165, 1.54) is 19.3 Å². The lowest BCUT2D eigenvalue weighted by molar-refractivity contribution is -0.108. The SMILES string of the molecule is C=C(C)[C@@H](C)C(c1ccc(C)cc1)N1C(=O)c2cc([C@](C)(CC)C3CCCCC3)cc(F)c2C1(OC)c1ccc(C)cc1. The average molecular weight is 582 g/mol. The minimum atomic E-state index is -1.45. The van der Waals surface area contributed by atoms with Crippen molar-refractivity contribution in [1.29, 1.82) is 0 Å². The molecule has 1 heterocycles. The number of halogens is 1. The van der Waals surface area contributed by atoms with Gasteiger partial charge in [0.25, 0.3) is 5.91 Å². The van der Waals surface area contributed by atoms with Crippen LogP contribution in [0.1, 0.15) is 116 Å². The molecule has 2 aliphatic rings. The molecule has 0 spiro atoms. The third-order valence-corrected chi connectivity index (χ3v) is 10.8. The molecule has 0 bridgehead atoms. The lowest BCUT2D eigenvalue weighted by atomic mass is 9.64. The summed E-state index contributed by atoms with van der Waals surface area (Å²) in [6.45, 7) is 16.9. The summed E-state index contributed by atoms with van der Waals surface area (Å²) in [5, 5.41) is 0. The molecular formula is C39H48FNO2. The number of fused-ring (bicyclic) bond motifs is 1. The third kappa shape index (κ3) is 5.16. The minimum absolute atomic E-state index is 0.119. The van der Waals surface area contributed by atoms with Crippen LogP contribution in [-0.2, 0) is 15.9 Å². The van der Waals surface area contributed by atoms with Crippen molar-refractivity contribution < 1.29 is 13.9 Å². The number of nitrogens with zero attached hydrogens (tertiary/aromatic N) is 1. The van der Waals surface area contributed by atoms with Gasteiger partial charge in [-0.15, -0.1) is 0 Å². The molecule has 4 heteroatoms. The molecule has 1 amide bonds. The van der Waals surface area contributed by atoms with Gasteiger partial charge in [0.2, 0.25) is 0 Å². The molecule has 43 heavy (non-hydrogen) atoms. The Morgan fingerprint density at radius 3 is 2.16 bits per heavy atom. The van der Waals surface area contributed by atoms with Crippen molar-refractivity contribution >= 4 is 5.91 Å². The zero-order valence-corrected chi connectivity index (χ0v) is 27.1. The Bertz CT molecular complexity index is 1490. The maximum absolute atomic E-state index is 17.0. The molecule has 0 N–H and O–H groups in total. The predicted molar refractivity (Wildman–Crippen MR) is 174 cm³/mol. The van der Waals surface area contributed by atoms with Crippen LogP contribution in [0, 0.1) is 31.5 Å². The summed E-state index contributed by atoms with van der Waals surface area (Å²) in [4.78, 5) is 16.8. The van der Waals surface area contributed by atoms with Crippen molar-refractivity contribution in [2.45, 2.75) is 97.2 Å². The van der Waals surface area contributed by atoms with E-state index < -0.39 is 11.8 Å². The van der Waals surface area contributed by atoms with Gasteiger partial charge in [0.05, 0.1) is 17.2 Å². The first-order valence-corrected chi connectivity index (χ1v) is 16.0. The number of hydrogen-bond acceptors (Lipinski definition) is 2. The maximum atomic E-state index is 17.0. The van der Waals surface area contributed by atoms with Crippen LogP contribution in [0.15, 0.2) is 72.8 Å². The quantitative estimate of drug-likeness (QED) is 0.235. The standard InChI is InChI=1S/C39H48FNO2/c1-9-38(7,30-13-11-10-12-14-30)32-23-33-35(34(40)24-32)39(43-8,31-21-17-27(5)18-22-31)41(37(33)42)36(28(6)25(2)3)29-19-15-26(4)16-20-29/h15-24,28,30,36H,2,9-14H2,1,3-8H3/t28-,36?,38-,39?/m1/s1. The van der Waals surface area contributed by atoms with Gasteiger partial charge < -0.3 is 4.74 Å². The molecule has 5 rings (SSSR count). The summed E-state index contributed by atoms with van der Waals surface area (Å²) in [5.41, 5.74) is 4.82. The monoisotopic (exact) mass is 581 g/mol. The highest BCUT2D eigenvalue weighted by atomic mass is 19.1. The molecule has 1 aliphatic carbocycles. The van der Waals surface area contributed by atoms with Gasteiger partial charge in [-0.2, -0.15) is 0 Å². The van der Waals surface area contributed by atoms with Crippen molar-refractivity contribution in [3.05, 3.63) is 118 Å². The van der Waals surface area contributed by atoms with E-state index in [-0.39, 0.29) is 23.1 Å². The van der Waals surface area contributed by atoms with Gasteiger partial charge in [0.15, 0.2) is 5.72 Å². The molecule has 1 aliphatic heterocycles. The molecule has 0 aromatic heterocycles. The number of ether oxygens (including phenoxy) is 1. The van der Waals surface area contributed by atoms with Gasteiger partial charge in [-0.25, -0.2) is 4.39 Å². The summed E-state index contributed by atoms with van der Waals surface area (Å²) in [6.07, 6.45) is 6.84. The number of hydrogen-bond donors (Lipinski definition) is 0. The fourth-order valence-electron chi connectivity index (χ4n) is 7.71. The smallest absolute Gasteiger partial charge is 0.257 e. The fourth-order valence-corrected chi connectivity index (χ4v) is 7.71. The van der Waals surface area contributed by atoms with Gasteiger partial charge in [-0.1, -0.05) is 112 Å². The largest absolute Gasteiger partial charge is 0.350 e. The van der Waals surface area contributed by atoms with Crippen LogP contribution in [-0.4, -0.2) is 17.9 Å². The van der Waals surface area contributed by atoms with Crippen molar-refractivity contribution in [2.24, 2.45) is 11.8 Å². The van der Waals surface area contributed by atoms with E-state index in [4.69, 9.17) is 4.74 Å². The number of benzene rings is 3. The molecule has 0 saturated heterocycles. The second-order valence-electron chi connectivity index (χ2n) is 13.4. The van der Waals surface area contributed by atoms with Crippen LogP contribution >= 0.6 is 0 Å². The summed E-state index contributed by atoms with van der Waals surface area (Å²) in [7, 11) is 1.60. The van der Waals surface area contributed by atoms with Crippen LogP contribution < -0.4 is 0 Å². The Kier molecular flexibility index (Phi) is 8.73. The molecule has 4 atom stereocenters. The van der Waals surface area contributed by atoms with E-state index in [9.17, 15) is 4.79 Å². The number of carbonyl (C=O) groups excluding carboxylic acids is 1. The highest BCUT2D eigenvalue weighted by Crippen LogP contribution is 2.54. The summed E-state index contributed by atoms with van der Waals surface area (Å²) >= 11 is 0. The highest BCUT2D eigenvalue weighted by molar-refractivity contribution is 6.01. The first-order valence-electron chi connectivity index (χ1n) is 16.0. The Morgan fingerprint density at radius 2 is 1.63 bits per heavy atom. The molecule has 1 fully saturated rings. The topological polar surface area (TPSA) is 29.5 Å². The molecule has 1 saturated carbocycles. The second kappa shape index (κ2) is 12.0. The fraction of sp³-hybridized carbons (Fsp3) is 0.462. The molecule has 2 unspecified atom stereocenters. The normalized spacial score (nSPS) is 21.8. The Labute approximate surface area is 258 Å². The van der Waals surface area contributed by atoms with Gasteiger partial charge in [-0.3, -0.25) is 9.69 Å². The minimum Gasteiger partial charge on any atom is -0.350 e. The lowest BCUT2D eigenvalue weighted by Gasteiger charge is -2.45. The van der Waals surface area contributed by atoms with E-state index in [0.717, 1.165) is 52.7 Å². The predicted octanol–water partition coefficient (Wildman–Crippen LogP) is 9.95. The highest BCUT2D eigenvalue weighted by Gasteiger charge is 2.57. The van der Waals surface area contributed by atoms with Crippen molar-refractivity contribution in [1.82, 2.24) is 4.90 Å². The van der Waals surface area contributed by atoms with Crippen molar-refractivity contribution in [2.75, 3.05) is 7.11 Å². The number of carbonyl (C=O) groups is 1. The first-order chi connectivity index (χ1) is 20.5. The van der Waals surface area contributed by atoms with Gasteiger partial charge in [-0.05, 0) is 74.6 Å². The van der Waals surface area contributed by atoms with Gasteiger partial charge in [0, 0.05) is 18.6 Å². The van der Waals surface area contributed by atoms with Gasteiger partial charge >= 0.3 is 0 Å². The van der Waals surface area contributed by atoms with E-state index in [0.29, 0.717) is 17.0 Å². The first kappa shape index (κ1) is 31.2. The van der Waals surface area contributed by atoms with E-state index in [2.05, 4.69) is 58.5 Å². The van der Waals surface area contributed by atoms with E-state index in [1.54, 1.807) is 13.2 Å². The Balaban J connectivity index is 1.79. The number of aryl methyl sites for hydroxylation is 2. The average Bonchev–Trinajstić information content (AvgIpc) is 3.27. The number of amides is 1. The van der Waals surface area contributed by atoms with Crippen LogP contribution in [0.2, 0.25) is 0 Å². The Hall–Kier alpha value is -3.24. The summed E-state index contributed by atoms with van der Waals surface area (Å²) < 4.78 is 23.5. The number of rotatable bonds is 9. The zero-order valence-electron chi connectivity index (χ0n) is 27.1.